The molecular formula is C20H24N2O3. The van der Waals surface area contributed by atoms with Gasteiger partial charge in [0, 0.05) is 18.7 Å². The fraction of sp³-hybridized carbons (Fsp3) is 0.400. The van der Waals surface area contributed by atoms with Crippen molar-refractivity contribution < 1.29 is 14.0 Å². The van der Waals surface area contributed by atoms with E-state index in [1.54, 1.807) is 12.1 Å². The SMILES string of the molecule is CC(=O)NCc1ccc(C(=O)N2c3ccccc3CCC2C(C)C)o1. The number of hydrogen-bond acceptors (Lipinski definition) is 3. The molecule has 1 unspecified atom stereocenters. The van der Waals surface area contributed by atoms with Crippen LogP contribution in [0.25, 0.3) is 0 Å². The van der Waals surface area contributed by atoms with Gasteiger partial charge in [0.1, 0.15) is 5.76 Å². The molecule has 1 N–H and O–H groups in total. The van der Waals surface area contributed by atoms with Crippen molar-refractivity contribution in [3.63, 3.8) is 0 Å². The summed E-state index contributed by atoms with van der Waals surface area (Å²) in [4.78, 5) is 26.1. The van der Waals surface area contributed by atoms with E-state index in [2.05, 4.69) is 25.2 Å². The molecule has 0 saturated carbocycles. The molecular weight excluding hydrogens is 316 g/mol. The van der Waals surface area contributed by atoms with E-state index in [0.29, 0.717) is 17.4 Å². The van der Waals surface area contributed by atoms with Gasteiger partial charge in [-0.1, -0.05) is 32.0 Å². The zero-order chi connectivity index (χ0) is 18.0. The first-order valence-electron chi connectivity index (χ1n) is 8.72. The Balaban J connectivity index is 1.89. The van der Waals surface area contributed by atoms with Crippen LogP contribution in [0, 0.1) is 5.92 Å². The first-order valence-corrected chi connectivity index (χ1v) is 8.72. The molecule has 0 bridgehead atoms. The number of benzene rings is 1. The molecule has 1 atom stereocenters. The number of carbonyl (C=O) groups excluding carboxylic acids is 2. The number of anilines is 1. The molecule has 3 rings (SSSR count). The predicted molar refractivity (Wildman–Crippen MR) is 96.4 cm³/mol. The van der Waals surface area contributed by atoms with Crippen LogP contribution >= 0.6 is 0 Å². The van der Waals surface area contributed by atoms with Crippen LogP contribution in [0.4, 0.5) is 5.69 Å². The fourth-order valence-electron chi connectivity index (χ4n) is 3.38. The number of nitrogens with zero attached hydrogens (tertiary/aromatic N) is 1. The number of rotatable bonds is 4. The topological polar surface area (TPSA) is 62.6 Å². The number of nitrogens with one attached hydrogen (secondary N) is 1. The first-order chi connectivity index (χ1) is 12.0. The lowest BCUT2D eigenvalue weighted by atomic mass is 9.89. The molecule has 0 aliphatic carbocycles. The van der Waals surface area contributed by atoms with Crippen molar-refractivity contribution in [2.24, 2.45) is 5.92 Å². The highest BCUT2D eigenvalue weighted by Crippen LogP contribution is 2.34. The molecule has 132 valence electrons. The molecule has 0 radical (unpaired) electrons. The zero-order valence-corrected chi connectivity index (χ0v) is 14.9. The summed E-state index contributed by atoms with van der Waals surface area (Å²) in [6, 6.07) is 11.6. The van der Waals surface area contributed by atoms with Gasteiger partial charge < -0.3 is 14.6 Å². The molecule has 1 aliphatic heterocycles. The molecule has 1 aromatic carbocycles. The maximum atomic E-state index is 13.2. The number of para-hydroxylation sites is 1. The molecule has 1 aromatic heterocycles. The van der Waals surface area contributed by atoms with Crippen molar-refractivity contribution in [3.8, 4) is 0 Å². The van der Waals surface area contributed by atoms with Crippen LogP contribution < -0.4 is 10.2 Å². The standard InChI is InChI=1S/C20H24N2O3/c1-13(2)17-10-8-15-6-4-5-7-18(15)22(17)20(24)19-11-9-16(25-19)12-21-14(3)23/h4-7,9,11,13,17H,8,10,12H2,1-3H3,(H,21,23). The average Bonchev–Trinajstić information content (AvgIpc) is 3.07. The minimum absolute atomic E-state index is 0.125. The molecule has 0 saturated heterocycles. The van der Waals surface area contributed by atoms with Crippen LogP contribution in [0.1, 0.15) is 49.1 Å². The largest absolute Gasteiger partial charge is 0.454 e. The molecule has 2 heterocycles. The Hall–Kier alpha value is -2.56. The third kappa shape index (κ3) is 3.60. The molecule has 5 heteroatoms. The van der Waals surface area contributed by atoms with Gasteiger partial charge in [-0.25, -0.2) is 0 Å². The highest BCUT2D eigenvalue weighted by atomic mass is 16.4. The quantitative estimate of drug-likeness (QED) is 0.926. The van der Waals surface area contributed by atoms with Gasteiger partial charge in [0.2, 0.25) is 5.91 Å². The van der Waals surface area contributed by atoms with E-state index in [-0.39, 0.29) is 24.4 Å². The van der Waals surface area contributed by atoms with Crippen LogP contribution in [0.15, 0.2) is 40.8 Å². The molecule has 1 aliphatic rings. The molecule has 5 nitrogen and oxygen atoms in total. The van der Waals surface area contributed by atoms with Gasteiger partial charge in [0.05, 0.1) is 6.54 Å². The number of carbonyl (C=O) groups is 2. The van der Waals surface area contributed by atoms with Crippen LogP contribution in [-0.2, 0) is 17.8 Å². The fourth-order valence-corrected chi connectivity index (χ4v) is 3.38. The third-order valence-electron chi connectivity index (χ3n) is 4.66. The number of amides is 2. The lowest BCUT2D eigenvalue weighted by Crippen LogP contribution is -2.46. The second kappa shape index (κ2) is 7.13. The summed E-state index contributed by atoms with van der Waals surface area (Å²) in [7, 11) is 0. The highest BCUT2D eigenvalue weighted by Gasteiger charge is 2.34. The van der Waals surface area contributed by atoms with Crippen LogP contribution in [0.5, 0.6) is 0 Å². The van der Waals surface area contributed by atoms with Gasteiger partial charge in [0.15, 0.2) is 5.76 Å². The minimum Gasteiger partial charge on any atom is -0.454 e. The van der Waals surface area contributed by atoms with E-state index in [0.717, 1.165) is 18.5 Å². The predicted octanol–water partition coefficient (Wildman–Crippen LogP) is 3.53. The summed E-state index contributed by atoms with van der Waals surface area (Å²) in [5.41, 5.74) is 2.16. The van der Waals surface area contributed by atoms with Crippen molar-refractivity contribution >= 4 is 17.5 Å². The number of hydrogen-bond donors (Lipinski definition) is 1. The Kier molecular flexibility index (Phi) is 4.93. The first kappa shape index (κ1) is 17.3. The number of fused-ring (bicyclic) bond motifs is 1. The Morgan fingerprint density at radius 3 is 2.72 bits per heavy atom. The van der Waals surface area contributed by atoms with E-state index < -0.39 is 0 Å². The van der Waals surface area contributed by atoms with E-state index >= 15 is 0 Å². The summed E-state index contributed by atoms with van der Waals surface area (Å²) in [6.45, 7) is 6.02. The highest BCUT2D eigenvalue weighted by molar-refractivity contribution is 6.05. The van der Waals surface area contributed by atoms with Crippen molar-refractivity contribution in [2.75, 3.05) is 4.90 Å². The maximum Gasteiger partial charge on any atom is 0.294 e. The monoisotopic (exact) mass is 340 g/mol. The molecule has 25 heavy (non-hydrogen) atoms. The van der Waals surface area contributed by atoms with Gasteiger partial charge in [0.25, 0.3) is 5.91 Å². The third-order valence-corrected chi connectivity index (χ3v) is 4.66. The van der Waals surface area contributed by atoms with Gasteiger partial charge in [-0.3, -0.25) is 9.59 Å². The van der Waals surface area contributed by atoms with Crippen molar-refractivity contribution in [1.82, 2.24) is 5.32 Å². The summed E-state index contributed by atoms with van der Waals surface area (Å²) < 4.78 is 5.69. The summed E-state index contributed by atoms with van der Waals surface area (Å²) >= 11 is 0. The Morgan fingerprint density at radius 1 is 1.24 bits per heavy atom. The lowest BCUT2D eigenvalue weighted by molar-refractivity contribution is -0.119. The van der Waals surface area contributed by atoms with Gasteiger partial charge >= 0.3 is 0 Å². The van der Waals surface area contributed by atoms with E-state index in [9.17, 15) is 9.59 Å². The molecule has 2 aromatic rings. The summed E-state index contributed by atoms with van der Waals surface area (Å²) in [5, 5.41) is 2.68. The molecule has 2 amide bonds. The Morgan fingerprint density at radius 2 is 2.00 bits per heavy atom. The molecule has 0 fully saturated rings. The van der Waals surface area contributed by atoms with E-state index in [1.807, 2.05) is 23.1 Å². The van der Waals surface area contributed by atoms with Crippen LogP contribution in [0.3, 0.4) is 0 Å². The number of furan rings is 1. The van der Waals surface area contributed by atoms with Gasteiger partial charge in [-0.2, -0.15) is 0 Å². The minimum atomic E-state index is -0.130. The Labute approximate surface area is 148 Å². The van der Waals surface area contributed by atoms with Crippen molar-refractivity contribution in [3.05, 3.63) is 53.5 Å². The van der Waals surface area contributed by atoms with E-state index in [4.69, 9.17) is 4.42 Å². The van der Waals surface area contributed by atoms with Crippen molar-refractivity contribution in [2.45, 2.75) is 46.2 Å². The summed E-state index contributed by atoms with van der Waals surface area (Å²) in [5.74, 6) is 0.979. The van der Waals surface area contributed by atoms with Crippen LogP contribution in [-0.4, -0.2) is 17.9 Å². The van der Waals surface area contributed by atoms with E-state index in [1.165, 1.54) is 12.5 Å². The van der Waals surface area contributed by atoms with Crippen molar-refractivity contribution in [1.29, 1.82) is 0 Å². The normalized spacial score (nSPS) is 16.6. The smallest absolute Gasteiger partial charge is 0.294 e. The number of aryl methyl sites for hydroxylation is 1. The maximum absolute atomic E-state index is 13.2. The second-order valence-electron chi connectivity index (χ2n) is 6.83. The van der Waals surface area contributed by atoms with Crippen LogP contribution in [0.2, 0.25) is 0 Å². The second-order valence-corrected chi connectivity index (χ2v) is 6.83. The zero-order valence-electron chi connectivity index (χ0n) is 14.9. The van der Waals surface area contributed by atoms with Gasteiger partial charge in [-0.15, -0.1) is 0 Å². The Bertz CT molecular complexity index is 779. The lowest BCUT2D eigenvalue weighted by Gasteiger charge is -2.39. The summed E-state index contributed by atoms with van der Waals surface area (Å²) in [6.07, 6.45) is 1.93. The van der Waals surface area contributed by atoms with Gasteiger partial charge in [-0.05, 0) is 42.5 Å². The molecule has 0 spiro atoms. The average molecular weight is 340 g/mol.